The molecule has 1 heterocycles. The van der Waals surface area contributed by atoms with Gasteiger partial charge in [0.15, 0.2) is 0 Å². The van der Waals surface area contributed by atoms with Crippen LogP contribution < -0.4 is 27.0 Å². The van der Waals surface area contributed by atoms with E-state index in [1.807, 2.05) is 6.92 Å². The van der Waals surface area contributed by atoms with Crippen molar-refractivity contribution in [2.45, 2.75) is 59.0 Å². The Bertz CT molecular complexity index is 780. The number of ketones is 1. The van der Waals surface area contributed by atoms with Gasteiger partial charge in [0.25, 0.3) is 5.91 Å². The molecule has 0 aromatic heterocycles. The highest BCUT2D eigenvalue weighted by molar-refractivity contribution is 6.36. The number of nitrogens with zero attached hydrogens (tertiary/aromatic N) is 1. The van der Waals surface area contributed by atoms with Gasteiger partial charge in [-0.3, -0.25) is 19.2 Å². The summed E-state index contributed by atoms with van der Waals surface area (Å²) >= 11 is 0. The first-order valence-electron chi connectivity index (χ1n) is 11.2. The van der Waals surface area contributed by atoms with E-state index in [0.717, 1.165) is 6.42 Å². The molecule has 0 radical (unpaired) electrons. The summed E-state index contributed by atoms with van der Waals surface area (Å²) in [4.78, 5) is 73.1. The molecule has 1 aliphatic rings. The van der Waals surface area contributed by atoms with Crippen LogP contribution in [0.1, 0.15) is 47.0 Å². The summed E-state index contributed by atoms with van der Waals surface area (Å²) in [6.45, 7) is 7.79. The number of primary amides is 1. The molecule has 1 rings (SSSR count). The molecule has 0 aromatic carbocycles. The molecule has 0 aromatic rings. The van der Waals surface area contributed by atoms with Gasteiger partial charge in [0.1, 0.15) is 18.7 Å². The van der Waals surface area contributed by atoms with E-state index >= 15 is 0 Å². The monoisotopic (exact) mass is 484 g/mol. The molecule has 13 heteroatoms. The van der Waals surface area contributed by atoms with Crippen LogP contribution in [0.25, 0.3) is 0 Å². The molecule has 0 unspecified atom stereocenters. The Morgan fingerprint density at radius 3 is 2.29 bits per heavy atom. The van der Waals surface area contributed by atoms with Crippen molar-refractivity contribution in [1.29, 1.82) is 0 Å². The Morgan fingerprint density at radius 2 is 1.76 bits per heavy atom. The number of ether oxygens (including phenoxy) is 1. The lowest BCUT2D eigenvalue weighted by atomic mass is 9.86. The van der Waals surface area contributed by atoms with E-state index < -0.39 is 59.7 Å². The molecule has 34 heavy (non-hydrogen) atoms. The van der Waals surface area contributed by atoms with Crippen molar-refractivity contribution in [1.82, 2.24) is 26.2 Å². The molecule has 1 fully saturated rings. The average Bonchev–Trinajstić information content (AvgIpc) is 3.16. The maximum absolute atomic E-state index is 13.0. The lowest BCUT2D eigenvalue weighted by Gasteiger charge is -2.32. The van der Waals surface area contributed by atoms with Gasteiger partial charge in [0.05, 0.1) is 13.1 Å². The van der Waals surface area contributed by atoms with Crippen LogP contribution in [0.5, 0.6) is 0 Å². The summed E-state index contributed by atoms with van der Waals surface area (Å²) in [7, 11) is 0. The lowest BCUT2D eigenvalue weighted by Crippen LogP contribution is -2.59. The number of Topliss-reactive ketones (excluding diaryl/α,β-unsaturated/α-hetero) is 1. The van der Waals surface area contributed by atoms with E-state index in [2.05, 4.69) is 21.3 Å². The molecule has 192 valence electrons. The second kappa shape index (κ2) is 13.4. The Hall–Kier alpha value is -3.38. The van der Waals surface area contributed by atoms with Crippen molar-refractivity contribution < 1.29 is 33.5 Å². The predicted molar refractivity (Wildman–Crippen MR) is 121 cm³/mol. The lowest BCUT2D eigenvalue weighted by molar-refractivity contribution is -0.136. The molecule has 0 aliphatic carbocycles. The van der Waals surface area contributed by atoms with E-state index in [4.69, 9.17) is 10.5 Å². The quantitative estimate of drug-likeness (QED) is 0.207. The highest BCUT2D eigenvalue weighted by Crippen LogP contribution is 2.20. The normalized spacial score (nSPS) is 15.1. The highest BCUT2D eigenvalue weighted by Gasteiger charge is 2.35. The first-order chi connectivity index (χ1) is 15.9. The predicted octanol–water partition coefficient (Wildman–Crippen LogP) is -1.00. The molecule has 0 spiro atoms. The Kier molecular flexibility index (Phi) is 11.3. The van der Waals surface area contributed by atoms with Gasteiger partial charge in [-0.2, -0.15) is 0 Å². The van der Waals surface area contributed by atoms with Crippen molar-refractivity contribution in [2.75, 3.05) is 32.8 Å². The molecule has 6 N–H and O–H groups in total. The summed E-state index contributed by atoms with van der Waals surface area (Å²) in [6.07, 6.45) is 1.24. The number of unbranched alkanes of at least 4 members (excludes halogenated alkanes) is 1. The first-order valence-corrected chi connectivity index (χ1v) is 11.2. The third-order valence-electron chi connectivity index (χ3n) is 5.09. The minimum Gasteiger partial charge on any atom is -0.448 e. The minimum absolute atomic E-state index is 0.162. The van der Waals surface area contributed by atoms with Gasteiger partial charge in [-0.1, -0.05) is 40.5 Å². The number of nitrogens with two attached hydrogens (primary N) is 1. The van der Waals surface area contributed by atoms with Crippen molar-refractivity contribution >= 4 is 35.6 Å². The number of hydrogen-bond acceptors (Lipinski definition) is 7. The van der Waals surface area contributed by atoms with Gasteiger partial charge in [-0.05, 0) is 11.8 Å². The van der Waals surface area contributed by atoms with Crippen LogP contribution in [-0.4, -0.2) is 85.4 Å². The molecule has 0 saturated carbocycles. The average molecular weight is 485 g/mol. The zero-order valence-corrected chi connectivity index (χ0v) is 20.2. The van der Waals surface area contributed by atoms with Gasteiger partial charge in [0, 0.05) is 13.1 Å². The van der Waals surface area contributed by atoms with E-state index in [-0.39, 0.29) is 13.1 Å². The van der Waals surface area contributed by atoms with Crippen LogP contribution in [-0.2, 0) is 23.9 Å². The fourth-order valence-electron chi connectivity index (χ4n) is 3.10. The second-order valence-corrected chi connectivity index (χ2v) is 9.01. The van der Waals surface area contributed by atoms with Crippen molar-refractivity contribution in [3.8, 4) is 0 Å². The third-order valence-corrected chi connectivity index (χ3v) is 5.09. The van der Waals surface area contributed by atoms with E-state index in [0.29, 0.717) is 26.0 Å². The van der Waals surface area contributed by atoms with Crippen LogP contribution in [0.4, 0.5) is 9.59 Å². The van der Waals surface area contributed by atoms with Crippen molar-refractivity contribution in [2.24, 2.45) is 11.1 Å². The molecule has 1 aliphatic heterocycles. The van der Waals surface area contributed by atoms with E-state index in [1.165, 1.54) is 4.90 Å². The molecule has 1 saturated heterocycles. The van der Waals surface area contributed by atoms with Crippen LogP contribution in [0, 0.1) is 5.41 Å². The number of hydrogen-bond donors (Lipinski definition) is 5. The minimum atomic E-state index is -1.17. The second-order valence-electron chi connectivity index (χ2n) is 9.01. The Morgan fingerprint density at radius 1 is 1.09 bits per heavy atom. The number of cyclic esters (lactones) is 1. The molecular formula is C21H36N6O7. The smallest absolute Gasteiger partial charge is 0.409 e. The summed E-state index contributed by atoms with van der Waals surface area (Å²) in [5, 5.41) is 10.2. The molecule has 6 amide bonds. The molecule has 0 bridgehead atoms. The Labute approximate surface area is 198 Å². The van der Waals surface area contributed by atoms with Gasteiger partial charge in [-0.15, -0.1) is 0 Å². The number of rotatable bonds is 13. The summed E-state index contributed by atoms with van der Waals surface area (Å²) in [5.74, 6) is -3.34. The summed E-state index contributed by atoms with van der Waals surface area (Å²) < 4.78 is 4.82. The molecule has 2 atom stereocenters. The van der Waals surface area contributed by atoms with Crippen LogP contribution in [0.2, 0.25) is 0 Å². The van der Waals surface area contributed by atoms with Crippen LogP contribution in [0.15, 0.2) is 0 Å². The largest absolute Gasteiger partial charge is 0.448 e. The van der Waals surface area contributed by atoms with E-state index in [9.17, 15) is 28.8 Å². The Balaban J connectivity index is 2.74. The third kappa shape index (κ3) is 9.63. The zero-order valence-electron chi connectivity index (χ0n) is 20.2. The molecular weight excluding hydrogens is 448 g/mol. The number of carbonyl (C=O) groups excluding carboxylic acids is 6. The SMILES string of the molecule is CCCC[C@H](NC(=O)[C@@H](NC(=O)NCCN1CCOC1=O)C(C)(C)C)C(=O)NCC(=O)C(N)=O. The van der Waals surface area contributed by atoms with Gasteiger partial charge in [0.2, 0.25) is 17.6 Å². The standard InChI is InChI=1S/C21H36N6O7/c1-5-6-7-13(17(30)24-12-14(28)16(22)29)25-18(31)15(21(2,3)4)26-19(32)23-8-9-27-10-11-34-20(27)33/h13,15H,5-12H2,1-4H3,(H2,22,29)(H,24,30)(H,25,31)(H2,23,26,32)/t13-,15+/m0/s1. The number of amides is 6. The first kappa shape index (κ1) is 28.7. The van der Waals surface area contributed by atoms with Gasteiger partial charge < -0.3 is 36.6 Å². The highest BCUT2D eigenvalue weighted by atomic mass is 16.6. The van der Waals surface area contributed by atoms with Crippen LogP contribution >= 0.6 is 0 Å². The zero-order chi connectivity index (χ0) is 25.9. The van der Waals surface area contributed by atoms with Gasteiger partial charge in [-0.25, -0.2) is 9.59 Å². The topological polar surface area (TPSA) is 189 Å². The summed E-state index contributed by atoms with van der Waals surface area (Å²) in [6, 6.07) is -2.57. The van der Waals surface area contributed by atoms with Gasteiger partial charge >= 0.3 is 12.1 Å². The van der Waals surface area contributed by atoms with Crippen LogP contribution in [0.3, 0.4) is 0 Å². The van der Waals surface area contributed by atoms with Crippen molar-refractivity contribution in [3.63, 3.8) is 0 Å². The maximum Gasteiger partial charge on any atom is 0.409 e. The molecule has 13 nitrogen and oxygen atoms in total. The number of nitrogens with one attached hydrogen (secondary N) is 4. The summed E-state index contributed by atoms with van der Waals surface area (Å²) in [5.41, 5.74) is 4.19. The van der Waals surface area contributed by atoms with E-state index in [1.54, 1.807) is 20.8 Å². The fraction of sp³-hybridized carbons (Fsp3) is 0.714. The number of carbonyl (C=O) groups is 6. The number of urea groups is 1. The van der Waals surface area contributed by atoms with Crippen molar-refractivity contribution in [3.05, 3.63) is 0 Å². The maximum atomic E-state index is 13.0. The fourth-order valence-corrected chi connectivity index (χ4v) is 3.10.